The maximum Gasteiger partial charge on any atom is 0.158 e. The predicted molar refractivity (Wildman–Crippen MR) is 26.5 cm³/mol. The molecule has 0 aliphatic heterocycles. The average molecular weight is 238 g/mol. The van der Waals surface area contributed by atoms with Crippen LogP contribution in [0, 0.1) is 0 Å². The van der Waals surface area contributed by atoms with Gasteiger partial charge in [-0.2, -0.15) is 0 Å². The second-order valence-corrected chi connectivity index (χ2v) is 0.861. The molecule has 7 heteroatoms. The second kappa shape index (κ2) is 7.49. The molecule has 0 bridgehead atoms. The smallest absolute Gasteiger partial charge is 0.158 e. The maximum atomic E-state index is 3.90. The minimum Gasteiger partial charge on any atom is -0.207 e. The molecule has 0 aromatic carbocycles. The second-order valence-electron chi connectivity index (χ2n) is 0.502. The van der Waals surface area contributed by atoms with Crippen LogP contribution in [0.2, 0.25) is 0 Å². The molecule has 0 aliphatic rings. The van der Waals surface area contributed by atoms with Crippen LogP contribution < -0.4 is 0 Å². The molecule has 0 aromatic rings. The third kappa shape index (κ3) is 6.49. The minimum absolute atomic E-state index is 1.23. The van der Waals surface area contributed by atoms with Crippen molar-refractivity contribution in [3.05, 3.63) is 0 Å². The van der Waals surface area contributed by atoms with E-state index in [-0.39, 0.29) is 0 Å². The Bertz CT molecular complexity index is 33.5. The van der Waals surface area contributed by atoms with E-state index in [0.717, 1.165) is 0 Å². The molecule has 0 fully saturated rings. The summed E-state index contributed by atoms with van der Waals surface area (Å²) in [4.78, 5) is 3.90. The topological polar surface area (TPSA) is 55.4 Å². The Morgan fingerprint density at radius 3 is 2.12 bits per heavy atom. The highest BCUT2D eigenvalue weighted by Gasteiger charge is 1.85. The van der Waals surface area contributed by atoms with E-state index in [1.807, 2.05) is 0 Å². The lowest BCUT2D eigenvalue weighted by Gasteiger charge is -1.92. The zero-order valence-electron chi connectivity index (χ0n) is 3.83. The summed E-state index contributed by atoms with van der Waals surface area (Å²) < 4.78 is 3.88. The van der Waals surface area contributed by atoms with Crippen LogP contribution in [-0.4, -0.2) is 7.11 Å². The van der Waals surface area contributed by atoms with Gasteiger partial charge in [-0.1, -0.05) is 0 Å². The number of halogens is 1. The predicted octanol–water partition coefficient (Wildman–Crippen LogP) is 0.641. The largest absolute Gasteiger partial charge is 0.207 e. The average Bonchev–Trinajstić information content (AvgIpc) is 1.81. The molecule has 0 heterocycles. The van der Waals surface area contributed by atoms with E-state index in [0.29, 0.717) is 0 Å². The Labute approximate surface area is 58.9 Å². The Balaban J connectivity index is 2.53. The van der Waals surface area contributed by atoms with Crippen LogP contribution >= 0.6 is 23.0 Å². The first-order valence-electron chi connectivity index (χ1n) is 1.40. The van der Waals surface area contributed by atoms with E-state index in [1.54, 1.807) is 0 Å². The first-order chi connectivity index (χ1) is 3.91. The summed E-state index contributed by atoms with van der Waals surface area (Å²) in [6.45, 7) is 0. The van der Waals surface area contributed by atoms with Crippen LogP contribution in [0.3, 0.4) is 0 Å². The van der Waals surface area contributed by atoms with Gasteiger partial charge < -0.3 is 0 Å². The van der Waals surface area contributed by atoms with Gasteiger partial charge in [0.2, 0.25) is 0 Å². The molecule has 8 heavy (non-hydrogen) atoms. The van der Waals surface area contributed by atoms with E-state index in [9.17, 15) is 0 Å². The van der Waals surface area contributed by atoms with Crippen molar-refractivity contribution in [3.63, 3.8) is 0 Å². The van der Waals surface area contributed by atoms with Crippen molar-refractivity contribution < 1.29 is 28.3 Å². The summed E-state index contributed by atoms with van der Waals surface area (Å²) >= 11 is 1.42. The molecule has 0 saturated carbocycles. The van der Waals surface area contributed by atoms with Crippen LogP contribution in [0.4, 0.5) is 0 Å². The lowest BCUT2D eigenvalue weighted by molar-refractivity contribution is -0.739. The van der Waals surface area contributed by atoms with E-state index < -0.39 is 0 Å². The van der Waals surface area contributed by atoms with Crippen molar-refractivity contribution in [3.8, 4) is 0 Å². The normalized spacial score (nSPS) is 9.75. The SMILES string of the molecule is COOOOOOI. The highest BCUT2D eigenvalue weighted by atomic mass is 127. The van der Waals surface area contributed by atoms with Gasteiger partial charge in [0.25, 0.3) is 0 Å². The Hall–Kier alpha value is 0.490. The fourth-order valence-electron chi connectivity index (χ4n) is 0.0610. The molecule has 0 radical (unpaired) electrons. The van der Waals surface area contributed by atoms with Crippen molar-refractivity contribution >= 4 is 23.0 Å². The van der Waals surface area contributed by atoms with Crippen LogP contribution in [-0.2, 0) is 28.3 Å². The Morgan fingerprint density at radius 1 is 1.00 bits per heavy atom. The first kappa shape index (κ1) is 8.49. The summed E-state index contributed by atoms with van der Waals surface area (Å²) in [6, 6.07) is 0. The fourth-order valence-corrected chi connectivity index (χ4v) is 0.121. The van der Waals surface area contributed by atoms with Gasteiger partial charge in [0, 0.05) is 0 Å². The van der Waals surface area contributed by atoms with Crippen LogP contribution in [0.1, 0.15) is 0 Å². The van der Waals surface area contributed by atoms with Gasteiger partial charge in [0.1, 0.15) is 0 Å². The molecule has 0 rings (SSSR count). The van der Waals surface area contributed by atoms with Gasteiger partial charge in [0.15, 0.2) is 23.0 Å². The van der Waals surface area contributed by atoms with Crippen LogP contribution in [0.15, 0.2) is 0 Å². The molecule has 6 nitrogen and oxygen atoms in total. The van der Waals surface area contributed by atoms with Crippen molar-refractivity contribution in [2.75, 3.05) is 7.11 Å². The highest BCUT2D eigenvalue weighted by Crippen LogP contribution is 1.89. The van der Waals surface area contributed by atoms with Crippen LogP contribution in [0.25, 0.3) is 0 Å². The van der Waals surface area contributed by atoms with Gasteiger partial charge in [-0.25, -0.2) is 4.89 Å². The number of rotatable bonds is 5. The van der Waals surface area contributed by atoms with Gasteiger partial charge in [0.05, 0.1) is 7.11 Å². The molecule has 0 spiro atoms. The van der Waals surface area contributed by atoms with Gasteiger partial charge >= 0.3 is 0 Å². The molecule has 0 unspecified atom stereocenters. The third-order valence-electron chi connectivity index (χ3n) is 0.177. The number of hydrogen-bond donors (Lipinski definition) is 0. The summed E-state index contributed by atoms with van der Waals surface area (Å²) in [6.07, 6.45) is 0. The summed E-state index contributed by atoms with van der Waals surface area (Å²) in [5.74, 6) is 0. The van der Waals surface area contributed by atoms with E-state index in [1.165, 1.54) is 30.1 Å². The molecule has 0 saturated heterocycles. The van der Waals surface area contributed by atoms with Gasteiger partial charge in [-0.15, -0.1) is 3.22 Å². The quantitative estimate of drug-likeness (QED) is 0.303. The van der Waals surface area contributed by atoms with Gasteiger partial charge in [-0.3, -0.25) is 0 Å². The van der Waals surface area contributed by atoms with E-state index in [2.05, 4.69) is 28.3 Å². The van der Waals surface area contributed by atoms with Crippen molar-refractivity contribution in [1.29, 1.82) is 0 Å². The molecule has 0 atom stereocenters. The summed E-state index contributed by atoms with van der Waals surface area (Å²) in [5, 5.41) is 14.7. The molecule has 50 valence electrons. The lowest BCUT2D eigenvalue weighted by Crippen LogP contribution is -1.94. The Morgan fingerprint density at radius 2 is 1.62 bits per heavy atom. The summed E-state index contributed by atoms with van der Waals surface area (Å²) in [7, 11) is 1.23. The lowest BCUT2D eigenvalue weighted by atomic mass is 11.8. The van der Waals surface area contributed by atoms with Crippen molar-refractivity contribution in [1.82, 2.24) is 0 Å². The summed E-state index contributed by atoms with van der Waals surface area (Å²) in [5.41, 5.74) is 0. The highest BCUT2D eigenvalue weighted by molar-refractivity contribution is 14.1. The van der Waals surface area contributed by atoms with E-state index in [4.69, 9.17) is 0 Å². The molecule has 0 aromatic heterocycles. The minimum atomic E-state index is 1.23. The molecule has 0 amide bonds. The van der Waals surface area contributed by atoms with Crippen molar-refractivity contribution in [2.24, 2.45) is 0 Å². The molecule has 0 aliphatic carbocycles. The van der Waals surface area contributed by atoms with Crippen LogP contribution in [0.5, 0.6) is 0 Å². The monoisotopic (exact) mass is 238 g/mol. The zero-order valence-corrected chi connectivity index (χ0v) is 5.98. The standard InChI is InChI=1S/CH3IO6/c1-3-5-7-8-6-4-2/h1H3. The van der Waals surface area contributed by atoms with Gasteiger partial charge in [-0.05, 0) is 20.2 Å². The molecule has 0 N–H and O–H groups in total. The fraction of sp³-hybridized carbons (Fsp3) is 1.00. The van der Waals surface area contributed by atoms with E-state index >= 15 is 0 Å². The number of hydrogen-bond acceptors (Lipinski definition) is 6. The Kier molecular flexibility index (Phi) is 7.95. The zero-order chi connectivity index (χ0) is 6.24. The molecular formula is CH3IO6. The maximum absolute atomic E-state index is 3.90. The first-order valence-corrected chi connectivity index (χ1v) is 2.28. The van der Waals surface area contributed by atoms with Crippen molar-refractivity contribution in [2.45, 2.75) is 0 Å². The third-order valence-corrected chi connectivity index (χ3v) is 0.324. The molecular weight excluding hydrogens is 235 g/mol.